The Kier molecular flexibility index (Phi) is 1.30. The Morgan fingerprint density at radius 1 is 1.71 bits per heavy atom. The van der Waals surface area contributed by atoms with Crippen LogP contribution in [-0.2, 0) is 9.47 Å². The van der Waals surface area contributed by atoms with Crippen LogP contribution in [0, 0.1) is 0 Å². The molecule has 0 radical (unpaired) electrons. The van der Waals surface area contributed by atoms with Crippen molar-refractivity contribution in [2.45, 2.75) is 19.1 Å². The molecular weight excluding hydrogens is 92.1 g/mol. The minimum Gasteiger partial charge on any atom is -0.376 e. The number of hydrogen-bond donors (Lipinski definition) is 0. The lowest BCUT2D eigenvalue weighted by Gasteiger charge is -2.32. The second-order valence-corrected chi connectivity index (χ2v) is 1.81. The molecule has 0 spiro atoms. The van der Waals surface area contributed by atoms with E-state index in [1.54, 1.807) is 7.11 Å². The van der Waals surface area contributed by atoms with Gasteiger partial charge in [0.25, 0.3) is 0 Å². The summed E-state index contributed by atoms with van der Waals surface area (Å²) in [4.78, 5) is 0. The van der Waals surface area contributed by atoms with Crippen molar-refractivity contribution < 1.29 is 9.47 Å². The Hall–Kier alpha value is -0.0800. The smallest absolute Gasteiger partial charge is 0.106 e. The van der Waals surface area contributed by atoms with Crippen LogP contribution in [0.2, 0.25) is 0 Å². The van der Waals surface area contributed by atoms with Gasteiger partial charge in [0.15, 0.2) is 0 Å². The van der Waals surface area contributed by atoms with E-state index in [2.05, 4.69) is 0 Å². The number of methoxy groups -OCH3 is 1. The van der Waals surface area contributed by atoms with Gasteiger partial charge in [0.1, 0.15) is 6.10 Å². The lowest BCUT2D eigenvalue weighted by atomic mass is 10.2. The maximum absolute atomic E-state index is 5.01. The van der Waals surface area contributed by atoms with Crippen LogP contribution in [0.25, 0.3) is 0 Å². The molecule has 1 fully saturated rings. The normalized spacial score (nSPS) is 40.3. The first-order valence-corrected chi connectivity index (χ1v) is 2.49. The zero-order chi connectivity index (χ0) is 5.28. The van der Waals surface area contributed by atoms with E-state index in [-0.39, 0.29) is 0 Å². The molecule has 2 heteroatoms. The molecule has 2 nitrogen and oxygen atoms in total. The first kappa shape index (κ1) is 5.06. The fourth-order valence-corrected chi connectivity index (χ4v) is 0.627. The molecule has 1 aliphatic heterocycles. The van der Waals surface area contributed by atoms with Crippen LogP contribution in [-0.4, -0.2) is 25.9 Å². The molecule has 2 unspecified atom stereocenters. The molecule has 7 heavy (non-hydrogen) atoms. The van der Waals surface area contributed by atoms with E-state index in [1.807, 2.05) is 6.92 Å². The molecule has 0 amide bonds. The van der Waals surface area contributed by atoms with E-state index in [0.717, 1.165) is 6.61 Å². The largest absolute Gasteiger partial charge is 0.376 e. The van der Waals surface area contributed by atoms with E-state index in [4.69, 9.17) is 9.47 Å². The van der Waals surface area contributed by atoms with Gasteiger partial charge in [-0.15, -0.1) is 0 Å². The summed E-state index contributed by atoms with van der Waals surface area (Å²) >= 11 is 0. The van der Waals surface area contributed by atoms with Gasteiger partial charge in [-0.25, -0.2) is 0 Å². The van der Waals surface area contributed by atoms with Gasteiger partial charge in [-0.3, -0.25) is 0 Å². The number of rotatable bonds is 1. The van der Waals surface area contributed by atoms with Crippen LogP contribution in [0.1, 0.15) is 6.92 Å². The lowest BCUT2D eigenvalue weighted by Crippen LogP contribution is -2.43. The van der Waals surface area contributed by atoms with Gasteiger partial charge in [-0.1, -0.05) is 0 Å². The van der Waals surface area contributed by atoms with Crippen LogP contribution in [0.15, 0.2) is 0 Å². The molecule has 0 aromatic carbocycles. The molecular formula is C5H10O2. The molecule has 0 N–H and O–H groups in total. The minimum atomic E-state index is 0.324. The Bertz CT molecular complexity index is 61.1. The van der Waals surface area contributed by atoms with Crippen molar-refractivity contribution in [2.75, 3.05) is 13.7 Å². The highest BCUT2D eigenvalue weighted by Gasteiger charge is 2.26. The lowest BCUT2D eigenvalue weighted by molar-refractivity contribution is -0.167. The van der Waals surface area contributed by atoms with Crippen molar-refractivity contribution in [3.8, 4) is 0 Å². The molecule has 1 saturated heterocycles. The zero-order valence-corrected chi connectivity index (χ0v) is 4.68. The van der Waals surface area contributed by atoms with Gasteiger partial charge in [0, 0.05) is 7.11 Å². The molecule has 1 heterocycles. The Balaban J connectivity index is 2.16. The average Bonchev–Trinajstić information content (AvgIpc) is 1.65. The third-order valence-electron chi connectivity index (χ3n) is 1.35. The second-order valence-electron chi connectivity index (χ2n) is 1.81. The van der Waals surface area contributed by atoms with Crippen LogP contribution >= 0.6 is 0 Å². The summed E-state index contributed by atoms with van der Waals surface area (Å²) in [5.74, 6) is 0. The van der Waals surface area contributed by atoms with Crippen molar-refractivity contribution in [3.05, 3.63) is 0 Å². The maximum atomic E-state index is 5.01. The van der Waals surface area contributed by atoms with Gasteiger partial charge in [-0.05, 0) is 6.92 Å². The summed E-state index contributed by atoms with van der Waals surface area (Å²) in [5, 5.41) is 0. The van der Waals surface area contributed by atoms with E-state index in [9.17, 15) is 0 Å². The van der Waals surface area contributed by atoms with Gasteiger partial charge in [0.2, 0.25) is 0 Å². The van der Waals surface area contributed by atoms with Crippen molar-refractivity contribution in [3.63, 3.8) is 0 Å². The fourth-order valence-electron chi connectivity index (χ4n) is 0.627. The predicted octanol–water partition coefficient (Wildman–Crippen LogP) is 0.420. The zero-order valence-electron chi connectivity index (χ0n) is 4.68. The Morgan fingerprint density at radius 2 is 2.43 bits per heavy atom. The third kappa shape index (κ3) is 0.763. The molecule has 0 aromatic heterocycles. The second kappa shape index (κ2) is 1.80. The first-order valence-electron chi connectivity index (χ1n) is 2.49. The molecule has 0 aliphatic carbocycles. The van der Waals surface area contributed by atoms with Crippen molar-refractivity contribution in [1.82, 2.24) is 0 Å². The molecule has 42 valence electrons. The third-order valence-corrected chi connectivity index (χ3v) is 1.35. The van der Waals surface area contributed by atoms with E-state index >= 15 is 0 Å². The van der Waals surface area contributed by atoms with Gasteiger partial charge in [-0.2, -0.15) is 0 Å². The van der Waals surface area contributed by atoms with E-state index < -0.39 is 0 Å². The van der Waals surface area contributed by atoms with Crippen LogP contribution in [0.3, 0.4) is 0 Å². The van der Waals surface area contributed by atoms with Crippen molar-refractivity contribution in [2.24, 2.45) is 0 Å². The minimum absolute atomic E-state index is 0.324. The molecule has 2 atom stereocenters. The SMILES string of the molecule is COC1COC1C. The van der Waals surface area contributed by atoms with Gasteiger partial charge in [0.05, 0.1) is 12.7 Å². The molecule has 1 rings (SSSR count). The number of ether oxygens (including phenoxy) is 2. The average molecular weight is 102 g/mol. The van der Waals surface area contributed by atoms with Crippen LogP contribution in [0.4, 0.5) is 0 Å². The standard InChI is InChI=1S/C5H10O2/c1-4-5(6-2)3-7-4/h4-5H,3H2,1-2H3. The topological polar surface area (TPSA) is 18.5 Å². The summed E-state index contributed by atoms with van der Waals surface area (Å²) in [6.45, 7) is 2.79. The summed E-state index contributed by atoms with van der Waals surface area (Å²) in [6.07, 6.45) is 0.685. The first-order chi connectivity index (χ1) is 3.34. The summed E-state index contributed by atoms with van der Waals surface area (Å²) in [7, 11) is 1.71. The van der Waals surface area contributed by atoms with E-state index in [1.165, 1.54) is 0 Å². The van der Waals surface area contributed by atoms with Gasteiger partial charge >= 0.3 is 0 Å². The van der Waals surface area contributed by atoms with Crippen molar-refractivity contribution in [1.29, 1.82) is 0 Å². The Morgan fingerprint density at radius 3 is 2.43 bits per heavy atom. The highest BCUT2D eigenvalue weighted by molar-refractivity contribution is 4.73. The Labute approximate surface area is 43.4 Å². The summed E-state index contributed by atoms with van der Waals surface area (Å²) in [5.41, 5.74) is 0. The molecule has 0 saturated carbocycles. The van der Waals surface area contributed by atoms with E-state index in [0.29, 0.717) is 12.2 Å². The monoisotopic (exact) mass is 102 g/mol. The summed E-state index contributed by atoms with van der Waals surface area (Å²) < 4.78 is 9.98. The summed E-state index contributed by atoms with van der Waals surface area (Å²) in [6, 6.07) is 0. The van der Waals surface area contributed by atoms with Crippen LogP contribution < -0.4 is 0 Å². The maximum Gasteiger partial charge on any atom is 0.106 e. The van der Waals surface area contributed by atoms with Gasteiger partial charge < -0.3 is 9.47 Å². The molecule has 1 aliphatic rings. The van der Waals surface area contributed by atoms with Crippen LogP contribution in [0.5, 0.6) is 0 Å². The number of hydrogen-bond acceptors (Lipinski definition) is 2. The quantitative estimate of drug-likeness (QED) is 0.477. The molecule has 0 bridgehead atoms. The highest BCUT2D eigenvalue weighted by Crippen LogP contribution is 2.13. The molecule has 0 aromatic rings. The highest BCUT2D eigenvalue weighted by atomic mass is 16.6. The van der Waals surface area contributed by atoms with Crippen molar-refractivity contribution >= 4 is 0 Å². The fraction of sp³-hybridized carbons (Fsp3) is 1.00. The predicted molar refractivity (Wildman–Crippen MR) is 26.2 cm³/mol.